The van der Waals surface area contributed by atoms with E-state index >= 15 is 0 Å². The molecule has 0 aromatic heterocycles. The number of rotatable bonds is 10. The van der Waals surface area contributed by atoms with Crippen LogP contribution in [-0.2, 0) is 0 Å². The van der Waals surface area contributed by atoms with Crippen LogP contribution in [-0.4, -0.2) is 174 Å². The Labute approximate surface area is 307 Å². The highest BCUT2D eigenvalue weighted by molar-refractivity contribution is 6.33. The van der Waals surface area contributed by atoms with Crippen molar-refractivity contribution in [2.24, 2.45) is 0 Å². The van der Waals surface area contributed by atoms with Gasteiger partial charge in [-0.15, -0.1) is 0 Å². The highest BCUT2D eigenvalue weighted by atomic mass is 16.2. The Morgan fingerprint density at radius 1 is 0.365 bits per heavy atom. The molecule has 14 nitrogen and oxygen atoms in total. The van der Waals surface area contributed by atoms with Crippen molar-refractivity contribution in [3.63, 3.8) is 0 Å². The molecule has 4 heterocycles. The summed E-state index contributed by atoms with van der Waals surface area (Å²) in [5.41, 5.74) is 1.52. The maximum Gasteiger partial charge on any atom is 0.261 e. The third-order valence-electron chi connectivity index (χ3n) is 10.6. The van der Waals surface area contributed by atoms with Crippen LogP contribution in [0.15, 0.2) is 24.3 Å². The predicted molar refractivity (Wildman–Crippen MR) is 203 cm³/mol. The molecule has 0 atom stereocenters. The zero-order valence-electron chi connectivity index (χ0n) is 30.7. The Kier molecular flexibility index (Phi) is 14.5. The molecule has 0 aliphatic carbocycles. The first-order valence-electron chi connectivity index (χ1n) is 19.6. The number of nitrogens with zero attached hydrogens (tertiary/aromatic N) is 4. The first kappa shape index (κ1) is 38.4. The Balaban J connectivity index is 1.04. The first-order chi connectivity index (χ1) is 25.5. The van der Waals surface area contributed by atoms with Crippen molar-refractivity contribution < 1.29 is 19.2 Å². The van der Waals surface area contributed by atoms with Crippen LogP contribution in [0.25, 0.3) is 10.8 Å². The summed E-state index contributed by atoms with van der Waals surface area (Å²) in [6.07, 6.45) is 3.12. The lowest BCUT2D eigenvalue weighted by Crippen LogP contribution is -2.44. The molecular formula is C38H58N10O4. The van der Waals surface area contributed by atoms with E-state index in [0.29, 0.717) is 59.0 Å². The van der Waals surface area contributed by atoms with Crippen molar-refractivity contribution in [3.8, 4) is 0 Å². The fourth-order valence-electron chi connectivity index (χ4n) is 7.67. The van der Waals surface area contributed by atoms with E-state index in [9.17, 15) is 19.2 Å². The molecule has 4 amide bonds. The lowest BCUT2D eigenvalue weighted by molar-refractivity contribution is 0.0585. The SMILES string of the molecule is O=C1c2ccc3c4c(ccc(c24)C(=O)N1CCCCN1CCNCCNCCNCC1)C(=O)N(CCCCN1CCNCCNCCNCC1)C3=O. The van der Waals surface area contributed by atoms with Gasteiger partial charge in [0.1, 0.15) is 0 Å². The van der Waals surface area contributed by atoms with Crippen LogP contribution >= 0.6 is 0 Å². The number of carbonyl (C=O) groups is 4. The summed E-state index contributed by atoms with van der Waals surface area (Å²) in [7, 11) is 0. The van der Waals surface area contributed by atoms with Crippen LogP contribution in [0.4, 0.5) is 0 Å². The van der Waals surface area contributed by atoms with Crippen molar-refractivity contribution in [1.29, 1.82) is 0 Å². The van der Waals surface area contributed by atoms with E-state index in [0.717, 1.165) is 131 Å². The van der Waals surface area contributed by atoms with Crippen LogP contribution in [0.1, 0.15) is 67.1 Å². The van der Waals surface area contributed by atoms with Gasteiger partial charge in [-0.05, 0) is 63.0 Å². The average Bonchev–Trinajstić information content (AvgIpc) is 3.14. The van der Waals surface area contributed by atoms with E-state index in [1.54, 1.807) is 24.3 Å². The van der Waals surface area contributed by atoms with Gasteiger partial charge < -0.3 is 41.7 Å². The molecule has 0 unspecified atom stereocenters. The minimum atomic E-state index is -0.361. The molecule has 2 fully saturated rings. The maximum atomic E-state index is 13.8. The Morgan fingerprint density at radius 2 is 0.615 bits per heavy atom. The van der Waals surface area contributed by atoms with Crippen LogP contribution in [0.5, 0.6) is 0 Å². The molecule has 4 aliphatic rings. The molecule has 52 heavy (non-hydrogen) atoms. The normalized spacial score (nSPS) is 21.1. The van der Waals surface area contributed by atoms with Crippen LogP contribution < -0.4 is 31.9 Å². The fraction of sp³-hybridized carbons (Fsp3) is 0.632. The van der Waals surface area contributed by atoms with Crippen LogP contribution in [0.3, 0.4) is 0 Å². The van der Waals surface area contributed by atoms with Gasteiger partial charge >= 0.3 is 0 Å². The molecular weight excluding hydrogens is 660 g/mol. The van der Waals surface area contributed by atoms with Gasteiger partial charge in [0.05, 0.1) is 0 Å². The minimum absolute atomic E-state index is 0.325. The standard InChI is InChI=1S/C38H58N10O4/c49-35-29-5-7-31-34-32(38(52)48(37(31)51)24-4-2-22-46-27-19-43-15-11-40-12-16-44-20-28-46)8-6-30(33(29)34)36(50)47(35)23-3-1-21-45-25-17-41-13-9-39-10-14-42-18-26-45/h5-8,39-44H,1-4,9-28H2. The van der Waals surface area contributed by atoms with Gasteiger partial charge in [-0.25, -0.2) is 0 Å². The molecule has 0 spiro atoms. The van der Waals surface area contributed by atoms with E-state index in [-0.39, 0.29) is 23.6 Å². The molecule has 284 valence electrons. The van der Waals surface area contributed by atoms with Crippen LogP contribution in [0, 0.1) is 0 Å². The summed E-state index contributed by atoms with van der Waals surface area (Å²) < 4.78 is 0. The third-order valence-corrected chi connectivity index (χ3v) is 10.6. The number of unbranched alkanes of at least 4 members (excludes halogenated alkanes) is 2. The molecule has 0 saturated carbocycles. The quantitative estimate of drug-likeness (QED) is 0.142. The monoisotopic (exact) mass is 718 g/mol. The second kappa shape index (κ2) is 19.7. The molecule has 6 rings (SSSR count). The summed E-state index contributed by atoms with van der Waals surface area (Å²) in [5, 5.41) is 21.7. The third kappa shape index (κ3) is 9.60. The molecule has 0 radical (unpaired) electrons. The fourth-order valence-corrected chi connectivity index (χ4v) is 7.67. The maximum absolute atomic E-state index is 13.8. The largest absolute Gasteiger partial charge is 0.314 e. The summed E-state index contributed by atoms with van der Waals surface area (Å²) >= 11 is 0. The van der Waals surface area contributed by atoms with E-state index in [4.69, 9.17) is 0 Å². The number of hydrogen-bond acceptors (Lipinski definition) is 12. The average molecular weight is 719 g/mol. The number of imide groups is 2. The van der Waals surface area contributed by atoms with Crippen molar-refractivity contribution in [2.45, 2.75) is 25.7 Å². The second-order valence-corrected chi connectivity index (χ2v) is 14.2. The number of nitrogens with one attached hydrogen (secondary N) is 6. The predicted octanol–water partition coefficient (Wildman–Crippen LogP) is -0.239. The van der Waals surface area contributed by atoms with E-state index in [1.807, 2.05) is 0 Å². The zero-order chi connectivity index (χ0) is 36.1. The number of benzene rings is 2. The zero-order valence-corrected chi connectivity index (χ0v) is 30.7. The second-order valence-electron chi connectivity index (χ2n) is 14.2. The first-order valence-corrected chi connectivity index (χ1v) is 19.6. The number of carbonyl (C=O) groups excluding carboxylic acids is 4. The number of amides is 4. The van der Waals surface area contributed by atoms with Crippen LogP contribution in [0.2, 0.25) is 0 Å². The molecule has 4 aliphatic heterocycles. The Bertz CT molecular complexity index is 1350. The molecule has 6 N–H and O–H groups in total. The summed E-state index contributed by atoms with van der Waals surface area (Å²) in [6, 6.07) is 6.67. The smallest absolute Gasteiger partial charge is 0.261 e. The highest BCUT2D eigenvalue weighted by Crippen LogP contribution is 2.38. The number of hydrogen-bond donors (Lipinski definition) is 6. The van der Waals surface area contributed by atoms with Crippen molar-refractivity contribution in [2.75, 3.05) is 131 Å². The molecule has 2 aromatic rings. The van der Waals surface area contributed by atoms with E-state index in [1.165, 1.54) is 9.80 Å². The molecule has 2 aromatic carbocycles. The molecule has 14 heteroatoms. The van der Waals surface area contributed by atoms with Gasteiger partial charge in [-0.2, -0.15) is 0 Å². The van der Waals surface area contributed by atoms with Crippen molar-refractivity contribution in [1.82, 2.24) is 51.5 Å². The summed E-state index contributed by atoms with van der Waals surface area (Å²) in [6.45, 7) is 17.5. The van der Waals surface area contributed by atoms with Gasteiger partial charge in [-0.1, -0.05) is 0 Å². The Hall–Kier alpha value is -3.34. The van der Waals surface area contributed by atoms with E-state index in [2.05, 4.69) is 41.7 Å². The van der Waals surface area contributed by atoms with Gasteiger partial charge in [0.15, 0.2) is 0 Å². The highest BCUT2D eigenvalue weighted by Gasteiger charge is 2.39. The van der Waals surface area contributed by atoms with Gasteiger partial charge in [0.2, 0.25) is 0 Å². The lowest BCUT2D eigenvalue weighted by atomic mass is 9.86. The van der Waals surface area contributed by atoms with E-state index < -0.39 is 0 Å². The lowest BCUT2D eigenvalue weighted by Gasteiger charge is -2.32. The van der Waals surface area contributed by atoms with Crippen molar-refractivity contribution >= 4 is 34.4 Å². The summed E-state index contributed by atoms with van der Waals surface area (Å²) in [5.74, 6) is -1.44. The van der Waals surface area contributed by atoms with Gasteiger partial charge in [-0.3, -0.25) is 29.0 Å². The Morgan fingerprint density at radius 3 is 0.904 bits per heavy atom. The van der Waals surface area contributed by atoms with Crippen molar-refractivity contribution in [3.05, 3.63) is 46.5 Å². The van der Waals surface area contributed by atoms with Gasteiger partial charge in [0, 0.05) is 151 Å². The molecule has 2 saturated heterocycles. The molecule has 0 bridgehead atoms. The van der Waals surface area contributed by atoms with Gasteiger partial charge in [0.25, 0.3) is 23.6 Å². The summed E-state index contributed by atoms with van der Waals surface area (Å²) in [4.78, 5) is 62.6. The minimum Gasteiger partial charge on any atom is -0.314 e. The topological polar surface area (TPSA) is 153 Å².